The van der Waals surface area contributed by atoms with Gasteiger partial charge in [0, 0.05) is 11.8 Å². The fourth-order valence-electron chi connectivity index (χ4n) is 5.48. The van der Waals surface area contributed by atoms with Gasteiger partial charge in [-0.15, -0.1) is 0 Å². The fraction of sp³-hybridized carbons (Fsp3) is 0.324. The van der Waals surface area contributed by atoms with Crippen LogP contribution in [0, 0.1) is 34.0 Å². The largest absolute Gasteiger partial charge is 0.426 e. The first-order chi connectivity index (χ1) is 20.3. The molecule has 222 valence electrons. The number of hydrogen-bond donors (Lipinski definition) is 1. The first-order valence-electron chi connectivity index (χ1n) is 14.5. The van der Waals surface area contributed by atoms with Crippen LogP contribution in [0.4, 0.5) is 0 Å². The van der Waals surface area contributed by atoms with Crippen molar-refractivity contribution in [3.8, 4) is 17.6 Å². The minimum atomic E-state index is -1.39. The summed E-state index contributed by atoms with van der Waals surface area (Å²) >= 11 is 0. The molecule has 3 aromatic carbocycles. The smallest absolute Gasteiger partial charge is 0.326 e. The second kappa shape index (κ2) is 12.8. The SMILES string of the molecule is CC(C)(C)C1=CC([C@@H](c2ccc(C#N)cc2)C(C(=O)Oc2ccccc2)C(=O)Oc2ccccc2)C=C(C(C)(C)C)C1O. The zero-order valence-electron chi connectivity index (χ0n) is 25.6. The molecule has 0 spiro atoms. The maximum absolute atomic E-state index is 14.1. The van der Waals surface area contributed by atoms with Gasteiger partial charge in [-0.25, -0.2) is 0 Å². The van der Waals surface area contributed by atoms with Crippen LogP contribution < -0.4 is 9.47 Å². The second-order valence-electron chi connectivity index (χ2n) is 12.9. The molecular weight excluding hydrogens is 538 g/mol. The number of nitriles is 1. The lowest BCUT2D eigenvalue weighted by Crippen LogP contribution is -2.41. The second-order valence-corrected chi connectivity index (χ2v) is 12.9. The molecule has 0 saturated heterocycles. The first kappa shape index (κ1) is 31.5. The van der Waals surface area contributed by atoms with E-state index in [2.05, 4.69) is 6.07 Å². The number of nitrogens with zero attached hydrogens (tertiary/aromatic N) is 1. The summed E-state index contributed by atoms with van der Waals surface area (Å²) in [7, 11) is 0. The number of aliphatic hydroxyl groups excluding tert-OH is 1. The predicted molar refractivity (Wildman–Crippen MR) is 166 cm³/mol. The molecule has 0 saturated carbocycles. The van der Waals surface area contributed by atoms with Crippen LogP contribution in [0.1, 0.15) is 58.6 Å². The highest BCUT2D eigenvalue weighted by Gasteiger charge is 2.45. The molecular formula is C37H39NO5. The van der Waals surface area contributed by atoms with E-state index in [-0.39, 0.29) is 0 Å². The molecule has 0 amide bonds. The van der Waals surface area contributed by atoms with Crippen molar-refractivity contribution in [2.45, 2.75) is 53.6 Å². The lowest BCUT2D eigenvalue weighted by Gasteiger charge is -2.41. The summed E-state index contributed by atoms with van der Waals surface area (Å²) in [4.78, 5) is 28.2. The van der Waals surface area contributed by atoms with Gasteiger partial charge in [0.2, 0.25) is 0 Å². The maximum atomic E-state index is 14.1. The number of esters is 2. The third-order valence-corrected chi connectivity index (χ3v) is 7.69. The van der Waals surface area contributed by atoms with E-state index in [0.717, 1.165) is 11.1 Å². The van der Waals surface area contributed by atoms with Gasteiger partial charge in [0.05, 0.1) is 17.7 Å². The van der Waals surface area contributed by atoms with Crippen LogP contribution in [-0.4, -0.2) is 23.1 Å². The number of ether oxygens (including phenoxy) is 2. The summed E-state index contributed by atoms with van der Waals surface area (Å²) in [6.07, 6.45) is 3.13. The van der Waals surface area contributed by atoms with E-state index >= 15 is 0 Å². The molecule has 0 aromatic heterocycles. The van der Waals surface area contributed by atoms with Crippen molar-refractivity contribution < 1.29 is 24.2 Å². The van der Waals surface area contributed by atoms with Crippen molar-refractivity contribution in [3.05, 3.63) is 119 Å². The highest BCUT2D eigenvalue weighted by molar-refractivity contribution is 5.98. The lowest BCUT2D eigenvalue weighted by molar-refractivity contribution is -0.152. The number of aliphatic hydroxyl groups is 1. The van der Waals surface area contributed by atoms with Gasteiger partial charge in [0.1, 0.15) is 11.5 Å². The Morgan fingerprint density at radius 3 is 1.51 bits per heavy atom. The van der Waals surface area contributed by atoms with E-state index in [1.165, 1.54) is 0 Å². The van der Waals surface area contributed by atoms with Gasteiger partial charge >= 0.3 is 11.9 Å². The molecule has 0 radical (unpaired) electrons. The number of para-hydroxylation sites is 2. The number of carbonyl (C=O) groups excluding carboxylic acids is 2. The molecule has 6 nitrogen and oxygen atoms in total. The molecule has 0 heterocycles. The average molecular weight is 578 g/mol. The van der Waals surface area contributed by atoms with E-state index in [0.29, 0.717) is 22.6 Å². The van der Waals surface area contributed by atoms with Crippen LogP contribution in [0.15, 0.2) is 108 Å². The minimum absolute atomic E-state index is 0.305. The van der Waals surface area contributed by atoms with Gasteiger partial charge in [-0.3, -0.25) is 9.59 Å². The molecule has 3 aromatic rings. The Labute approximate surface area is 254 Å². The standard InChI is InChI=1S/C37H39NO5/c1-36(2,3)29-21-26(22-30(33(29)39)37(4,5)6)31(25-19-17-24(23-38)18-20-25)32(34(40)42-27-13-9-7-10-14-27)35(41)43-28-15-11-8-12-16-28/h7-22,26,31-33,39H,1-6H3/t26?,31-,33?/m1/s1. The Morgan fingerprint density at radius 2 is 1.14 bits per heavy atom. The van der Waals surface area contributed by atoms with Crippen molar-refractivity contribution in [1.29, 1.82) is 5.26 Å². The van der Waals surface area contributed by atoms with E-state index in [4.69, 9.17) is 9.47 Å². The Balaban J connectivity index is 1.93. The Hall–Kier alpha value is -4.47. The molecule has 4 rings (SSSR count). The van der Waals surface area contributed by atoms with Crippen molar-refractivity contribution in [2.24, 2.45) is 22.7 Å². The van der Waals surface area contributed by atoms with Crippen LogP contribution in [-0.2, 0) is 9.59 Å². The van der Waals surface area contributed by atoms with Crippen LogP contribution >= 0.6 is 0 Å². The van der Waals surface area contributed by atoms with E-state index < -0.39 is 46.6 Å². The number of benzene rings is 3. The van der Waals surface area contributed by atoms with Crippen LogP contribution in [0.3, 0.4) is 0 Å². The molecule has 0 fully saturated rings. The summed E-state index contributed by atoms with van der Waals surface area (Å²) < 4.78 is 11.6. The summed E-state index contributed by atoms with van der Waals surface area (Å²) in [6, 6.07) is 26.2. The average Bonchev–Trinajstić information content (AvgIpc) is 2.96. The Morgan fingerprint density at radius 1 is 0.721 bits per heavy atom. The number of rotatable bonds is 7. The fourth-order valence-corrected chi connectivity index (χ4v) is 5.48. The van der Waals surface area contributed by atoms with Gasteiger partial charge in [-0.1, -0.05) is 102 Å². The number of allylic oxidation sites excluding steroid dienone is 2. The summed E-state index contributed by atoms with van der Waals surface area (Å²) in [5.41, 5.74) is 1.92. The maximum Gasteiger partial charge on any atom is 0.326 e. The highest BCUT2D eigenvalue weighted by atomic mass is 16.6. The summed E-state index contributed by atoms with van der Waals surface area (Å²) in [5.74, 6) is -3.56. The molecule has 1 atom stereocenters. The first-order valence-corrected chi connectivity index (χ1v) is 14.5. The third kappa shape index (κ3) is 7.49. The molecule has 1 N–H and O–H groups in total. The number of hydrogen-bond acceptors (Lipinski definition) is 6. The van der Waals surface area contributed by atoms with Gasteiger partial charge in [0.25, 0.3) is 0 Å². The van der Waals surface area contributed by atoms with Crippen LogP contribution in [0.25, 0.3) is 0 Å². The Bertz CT molecular complexity index is 1450. The lowest BCUT2D eigenvalue weighted by atomic mass is 9.65. The third-order valence-electron chi connectivity index (χ3n) is 7.69. The highest BCUT2D eigenvalue weighted by Crippen LogP contribution is 2.47. The van der Waals surface area contributed by atoms with E-state index in [9.17, 15) is 20.0 Å². The molecule has 0 aliphatic heterocycles. The normalized spacial score (nSPS) is 17.7. The molecule has 1 aliphatic rings. The molecule has 0 bridgehead atoms. The van der Waals surface area contributed by atoms with Crippen LogP contribution in [0.5, 0.6) is 11.5 Å². The predicted octanol–water partition coefficient (Wildman–Crippen LogP) is 7.40. The topological polar surface area (TPSA) is 96.6 Å². The van der Waals surface area contributed by atoms with Gasteiger partial charge in [0.15, 0.2) is 5.92 Å². The zero-order valence-corrected chi connectivity index (χ0v) is 25.6. The molecule has 6 heteroatoms. The summed E-state index contributed by atoms with van der Waals surface area (Å²) in [5, 5.41) is 21.0. The van der Waals surface area contributed by atoms with Gasteiger partial charge in [-0.2, -0.15) is 5.26 Å². The summed E-state index contributed by atoms with van der Waals surface area (Å²) in [6.45, 7) is 12.2. The van der Waals surface area contributed by atoms with Crippen molar-refractivity contribution in [3.63, 3.8) is 0 Å². The Kier molecular flexibility index (Phi) is 9.37. The number of carbonyl (C=O) groups is 2. The molecule has 43 heavy (non-hydrogen) atoms. The van der Waals surface area contributed by atoms with Crippen molar-refractivity contribution in [2.75, 3.05) is 0 Å². The monoisotopic (exact) mass is 577 g/mol. The van der Waals surface area contributed by atoms with E-state index in [1.807, 2.05) is 65.8 Å². The molecule has 0 unspecified atom stereocenters. The zero-order chi connectivity index (χ0) is 31.4. The van der Waals surface area contributed by atoms with Gasteiger partial charge < -0.3 is 14.6 Å². The quantitative estimate of drug-likeness (QED) is 0.136. The van der Waals surface area contributed by atoms with E-state index in [1.54, 1.807) is 72.8 Å². The van der Waals surface area contributed by atoms with Gasteiger partial charge in [-0.05, 0) is 63.9 Å². The van der Waals surface area contributed by atoms with Crippen molar-refractivity contribution >= 4 is 11.9 Å². The van der Waals surface area contributed by atoms with Crippen LogP contribution in [0.2, 0.25) is 0 Å². The van der Waals surface area contributed by atoms with Crippen molar-refractivity contribution in [1.82, 2.24) is 0 Å². The minimum Gasteiger partial charge on any atom is -0.426 e. The molecule has 1 aliphatic carbocycles.